The van der Waals surface area contributed by atoms with E-state index in [1.54, 1.807) is 26.4 Å². The minimum absolute atomic E-state index is 0.0882. The number of methoxy groups -OCH3 is 1. The SMILES string of the molecule is CCOC(=O)Cc1c(OC)cccc1OCc1coc2ccc(Br)cc12. The summed E-state index contributed by atoms with van der Waals surface area (Å²) in [6, 6.07) is 11.3. The molecule has 0 fully saturated rings. The molecule has 0 saturated heterocycles. The second-order valence-electron chi connectivity index (χ2n) is 5.61. The van der Waals surface area contributed by atoms with Crippen molar-refractivity contribution in [2.24, 2.45) is 0 Å². The molecule has 0 radical (unpaired) electrons. The van der Waals surface area contributed by atoms with Crippen molar-refractivity contribution < 1.29 is 23.4 Å². The lowest BCUT2D eigenvalue weighted by molar-refractivity contribution is -0.142. The smallest absolute Gasteiger partial charge is 0.310 e. The standard InChI is InChI=1S/C20H19BrO5/c1-3-24-20(22)10-16-17(23-2)5-4-6-18(16)25-11-13-12-26-19-8-7-14(21)9-15(13)19/h4-9,12H,3,10-11H2,1-2H3. The van der Waals surface area contributed by atoms with Crippen LogP contribution in [0, 0.1) is 0 Å². The van der Waals surface area contributed by atoms with Crippen LogP contribution in [0.2, 0.25) is 0 Å². The number of fused-ring (bicyclic) bond motifs is 1. The highest BCUT2D eigenvalue weighted by molar-refractivity contribution is 9.10. The van der Waals surface area contributed by atoms with Crippen LogP contribution in [-0.4, -0.2) is 19.7 Å². The van der Waals surface area contributed by atoms with Gasteiger partial charge in [0.05, 0.1) is 26.4 Å². The predicted octanol–water partition coefficient (Wildman–Crippen LogP) is 4.89. The third-order valence-electron chi connectivity index (χ3n) is 3.94. The van der Waals surface area contributed by atoms with E-state index in [1.807, 2.05) is 30.3 Å². The van der Waals surface area contributed by atoms with E-state index in [9.17, 15) is 4.79 Å². The van der Waals surface area contributed by atoms with E-state index >= 15 is 0 Å². The lowest BCUT2D eigenvalue weighted by atomic mass is 10.1. The first-order valence-electron chi connectivity index (χ1n) is 8.22. The highest BCUT2D eigenvalue weighted by Crippen LogP contribution is 2.31. The van der Waals surface area contributed by atoms with Crippen LogP contribution in [0.4, 0.5) is 0 Å². The van der Waals surface area contributed by atoms with Crippen molar-refractivity contribution in [1.82, 2.24) is 0 Å². The second-order valence-corrected chi connectivity index (χ2v) is 6.52. The second kappa shape index (κ2) is 8.27. The van der Waals surface area contributed by atoms with Crippen LogP contribution in [-0.2, 0) is 22.6 Å². The number of carbonyl (C=O) groups excluding carboxylic acids is 1. The van der Waals surface area contributed by atoms with Crippen LogP contribution in [0.1, 0.15) is 18.1 Å². The Bertz CT molecular complexity index is 916. The molecule has 26 heavy (non-hydrogen) atoms. The van der Waals surface area contributed by atoms with Gasteiger partial charge in [-0.25, -0.2) is 0 Å². The van der Waals surface area contributed by atoms with Crippen molar-refractivity contribution in [3.05, 3.63) is 58.3 Å². The zero-order valence-electron chi connectivity index (χ0n) is 14.6. The van der Waals surface area contributed by atoms with Crippen molar-refractivity contribution in [2.75, 3.05) is 13.7 Å². The van der Waals surface area contributed by atoms with E-state index in [0.717, 1.165) is 21.0 Å². The molecule has 0 bridgehead atoms. The molecule has 0 amide bonds. The quantitative estimate of drug-likeness (QED) is 0.511. The zero-order chi connectivity index (χ0) is 18.5. The molecular formula is C20H19BrO5. The van der Waals surface area contributed by atoms with E-state index in [2.05, 4.69) is 15.9 Å². The number of benzene rings is 2. The fourth-order valence-electron chi connectivity index (χ4n) is 2.72. The first kappa shape index (κ1) is 18.3. The molecule has 0 N–H and O–H groups in total. The van der Waals surface area contributed by atoms with Crippen LogP contribution < -0.4 is 9.47 Å². The normalized spacial score (nSPS) is 10.7. The fraction of sp³-hybridized carbons (Fsp3) is 0.250. The summed E-state index contributed by atoms with van der Waals surface area (Å²) < 4.78 is 22.9. The van der Waals surface area contributed by atoms with Crippen molar-refractivity contribution in [2.45, 2.75) is 20.0 Å². The van der Waals surface area contributed by atoms with Crippen LogP contribution in [0.5, 0.6) is 11.5 Å². The number of ether oxygens (including phenoxy) is 3. The van der Waals surface area contributed by atoms with Crippen LogP contribution >= 0.6 is 15.9 Å². The largest absolute Gasteiger partial charge is 0.496 e. The van der Waals surface area contributed by atoms with Gasteiger partial charge in [0.2, 0.25) is 0 Å². The Morgan fingerprint density at radius 1 is 1.19 bits per heavy atom. The topological polar surface area (TPSA) is 57.9 Å². The van der Waals surface area contributed by atoms with Crippen molar-refractivity contribution in [1.29, 1.82) is 0 Å². The predicted molar refractivity (Wildman–Crippen MR) is 102 cm³/mol. The molecular weight excluding hydrogens is 400 g/mol. The molecule has 1 aromatic heterocycles. The maximum atomic E-state index is 11.9. The van der Waals surface area contributed by atoms with Gasteiger partial charge in [0.15, 0.2) is 0 Å². The average molecular weight is 419 g/mol. The maximum absolute atomic E-state index is 11.9. The molecule has 3 rings (SSSR count). The maximum Gasteiger partial charge on any atom is 0.310 e. The molecule has 0 aliphatic carbocycles. The van der Waals surface area contributed by atoms with Gasteiger partial charge >= 0.3 is 5.97 Å². The molecule has 2 aromatic carbocycles. The lowest BCUT2D eigenvalue weighted by Crippen LogP contribution is -2.10. The van der Waals surface area contributed by atoms with Crippen molar-refractivity contribution in [3.8, 4) is 11.5 Å². The molecule has 0 atom stereocenters. The number of esters is 1. The van der Waals surface area contributed by atoms with Gasteiger partial charge in [0.25, 0.3) is 0 Å². The summed E-state index contributed by atoms with van der Waals surface area (Å²) in [4.78, 5) is 11.9. The summed E-state index contributed by atoms with van der Waals surface area (Å²) in [5.74, 6) is 0.858. The highest BCUT2D eigenvalue weighted by atomic mass is 79.9. The number of furan rings is 1. The van der Waals surface area contributed by atoms with Gasteiger partial charge in [-0.2, -0.15) is 0 Å². The minimum Gasteiger partial charge on any atom is -0.496 e. The monoisotopic (exact) mass is 418 g/mol. The molecule has 0 spiro atoms. The third kappa shape index (κ3) is 4.02. The molecule has 3 aromatic rings. The van der Waals surface area contributed by atoms with Gasteiger partial charge in [-0.3, -0.25) is 4.79 Å². The van der Waals surface area contributed by atoms with Gasteiger partial charge in [-0.1, -0.05) is 22.0 Å². The Kier molecular flexibility index (Phi) is 5.83. The van der Waals surface area contributed by atoms with Gasteiger partial charge in [0.1, 0.15) is 23.7 Å². The van der Waals surface area contributed by atoms with E-state index in [1.165, 1.54) is 0 Å². The fourth-order valence-corrected chi connectivity index (χ4v) is 3.08. The number of halogens is 1. The van der Waals surface area contributed by atoms with Gasteiger partial charge in [-0.15, -0.1) is 0 Å². The van der Waals surface area contributed by atoms with Gasteiger partial charge in [-0.05, 0) is 37.3 Å². The first-order chi connectivity index (χ1) is 12.6. The first-order valence-corrected chi connectivity index (χ1v) is 9.01. The average Bonchev–Trinajstić information content (AvgIpc) is 3.03. The Morgan fingerprint density at radius 2 is 2.00 bits per heavy atom. The lowest BCUT2D eigenvalue weighted by Gasteiger charge is -2.14. The molecule has 0 unspecified atom stereocenters. The summed E-state index contributed by atoms with van der Waals surface area (Å²) in [6.45, 7) is 2.42. The van der Waals surface area contributed by atoms with Gasteiger partial charge in [0, 0.05) is 21.0 Å². The molecule has 0 aliphatic heterocycles. The van der Waals surface area contributed by atoms with Crippen LogP contribution in [0.3, 0.4) is 0 Å². The Hall–Kier alpha value is -2.47. The summed E-state index contributed by atoms with van der Waals surface area (Å²) in [6.07, 6.45) is 1.77. The Morgan fingerprint density at radius 3 is 2.77 bits per heavy atom. The molecule has 5 nitrogen and oxygen atoms in total. The van der Waals surface area contributed by atoms with Crippen LogP contribution in [0.15, 0.2) is 51.6 Å². The van der Waals surface area contributed by atoms with Crippen molar-refractivity contribution in [3.63, 3.8) is 0 Å². The molecule has 6 heteroatoms. The summed E-state index contributed by atoms with van der Waals surface area (Å²) in [5, 5.41) is 0.981. The zero-order valence-corrected chi connectivity index (χ0v) is 16.2. The minimum atomic E-state index is -0.320. The highest BCUT2D eigenvalue weighted by Gasteiger charge is 2.16. The Balaban J connectivity index is 1.84. The number of rotatable bonds is 7. The summed E-state index contributed by atoms with van der Waals surface area (Å²) in [7, 11) is 1.56. The Labute approximate surface area is 160 Å². The van der Waals surface area contributed by atoms with E-state index in [4.69, 9.17) is 18.6 Å². The van der Waals surface area contributed by atoms with E-state index in [0.29, 0.717) is 30.3 Å². The third-order valence-corrected chi connectivity index (χ3v) is 4.43. The molecule has 0 saturated carbocycles. The summed E-state index contributed by atoms with van der Waals surface area (Å²) in [5.41, 5.74) is 2.39. The molecule has 136 valence electrons. The number of carbonyl (C=O) groups is 1. The number of hydrogen-bond acceptors (Lipinski definition) is 5. The van der Waals surface area contributed by atoms with Crippen LogP contribution in [0.25, 0.3) is 11.0 Å². The number of hydrogen-bond donors (Lipinski definition) is 0. The molecule has 1 heterocycles. The van der Waals surface area contributed by atoms with Gasteiger partial charge < -0.3 is 18.6 Å². The van der Waals surface area contributed by atoms with E-state index < -0.39 is 0 Å². The van der Waals surface area contributed by atoms with E-state index in [-0.39, 0.29) is 12.4 Å². The summed E-state index contributed by atoms with van der Waals surface area (Å²) >= 11 is 3.47. The molecule has 0 aliphatic rings. The van der Waals surface area contributed by atoms with Crippen molar-refractivity contribution >= 4 is 32.9 Å².